The number of rotatable bonds is 6. The van der Waals surface area contributed by atoms with Gasteiger partial charge in [-0.15, -0.1) is 0 Å². The predicted octanol–water partition coefficient (Wildman–Crippen LogP) is 4.21. The third kappa shape index (κ3) is 4.52. The van der Waals surface area contributed by atoms with Crippen LogP contribution in [0.15, 0.2) is 30.3 Å². The standard InChI is InChI=1S/C12H17ClO/c1-2-3-5-10-12(13)14-11-8-6-4-7-9-11/h4,6-9,12H,2-3,5,10H2,1H3. The van der Waals surface area contributed by atoms with Crippen molar-refractivity contribution in [3.63, 3.8) is 0 Å². The molecule has 0 aliphatic rings. The maximum atomic E-state index is 6.03. The Bertz CT molecular complexity index is 235. The highest BCUT2D eigenvalue weighted by Gasteiger charge is 2.04. The van der Waals surface area contributed by atoms with E-state index < -0.39 is 0 Å². The Balaban J connectivity index is 2.23. The van der Waals surface area contributed by atoms with E-state index >= 15 is 0 Å². The van der Waals surface area contributed by atoms with Crippen LogP contribution < -0.4 is 4.74 Å². The topological polar surface area (TPSA) is 9.23 Å². The molecule has 0 aliphatic heterocycles. The zero-order chi connectivity index (χ0) is 10.2. The summed E-state index contributed by atoms with van der Waals surface area (Å²) in [6.07, 6.45) is 4.50. The molecule has 0 heterocycles. The maximum Gasteiger partial charge on any atom is 0.172 e. The molecule has 0 spiro atoms. The van der Waals surface area contributed by atoms with Gasteiger partial charge in [0.15, 0.2) is 5.56 Å². The van der Waals surface area contributed by atoms with E-state index in [-0.39, 0.29) is 5.56 Å². The Morgan fingerprint density at radius 1 is 1.21 bits per heavy atom. The van der Waals surface area contributed by atoms with Gasteiger partial charge in [0, 0.05) is 0 Å². The lowest BCUT2D eigenvalue weighted by atomic mass is 10.2. The molecule has 0 saturated heterocycles. The van der Waals surface area contributed by atoms with Crippen molar-refractivity contribution >= 4 is 11.6 Å². The molecule has 0 amide bonds. The van der Waals surface area contributed by atoms with Crippen LogP contribution in [-0.4, -0.2) is 5.56 Å². The van der Waals surface area contributed by atoms with Gasteiger partial charge in [-0.1, -0.05) is 49.6 Å². The van der Waals surface area contributed by atoms with Crippen LogP contribution in [0, 0.1) is 0 Å². The van der Waals surface area contributed by atoms with Crippen molar-refractivity contribution < 1.29 is 4.74 Å². The van der Waals surface area contributed by atoms with Gasteiger partial charge in [-0.2, -0.15) is 0 Å². The monoisotopic (exact) mass is 212 g/mol. The number of hydrogen-bond acceptors (Lipinski definition) is 1. The number of benzene rings is 1. The first kappa shape index (κ1) is 11.4. The highest BCUT2D eigenvalue weighted by molar-refractivity contribution is 6.19. The number of para-hydroxylation sites is 1. The van der Waals surface area contributed by atoms with Crippen molar-refractivity contribution in [2.75, 3.05) is 0 Å². The molecule has 78 valence electrons. The summed E-state index contributed by atoms with van der Waals surface area (Å²) in [5.74, 6) is 0.851. The molecule has 1 unspecified atom stereocenters. The number of ether oxygens (including phenoxy) is 1. The summed E-state index contributed by atoms with van der Waals surface area (Å²) in [4.78, 5) is 0. The van der Waals surface area contributed by atoms with Crippen molar-refractivity contribution in [3.05, 3.63) is 30.3 Å². The first-order valence-electron chi connectivity index (χ1n) is 5.18. The van der Waals surface area contributed by atoms with Gasteiger partial charge in [-0.05, 0) is 25.0 Å². The van der Waals surface area contributed by atoms with Gasteiger partial charge in [-0.3, -0.25) is 0 Å². The Morgan fingerprint density at radius 2 is 1.93 bits per heavy atom. The van der Waals surface area contributed by atoms with Crippen molar-refractivity contribution in [3.8, 4) is 5.75 Å². The molecular formula is C12H17ClO. The van der Waals surface area contributed by atoms with Crippen LogP contribution in [0.2, 0.25) is 0 Å². The molecule has 0 fully saturated rings. The van der Waals surface area contributed by atoms with Crippen molar-refractivity contribution in [2.24, 2.45) is 0 Å². The zero-order valence-corrected chi connectivity index (χ0v) is 9.33. The summed E-state index contributed by atoms with van der Waals surface area (Å²) < 4.78 is 5.53. The van der Waals surface area contributed by atoms with Gasteiger partial charge in [-0.25, -0.2) is 0 Å². The molecule has 14 heavy (non-hydrogen) atoms. The minimum Gasteiger partial charge on any atom is -0.475 e. The normalized spacial score (nSPS) is 12.4. The predicted molar refractivity (Wildman–Crippen MR) is 60.9 cm³/mol. The summed E-state index contributed by atoms with van der Waals surface area (Å²) in [5, 5.41) is 0. The Morgan fingerprint density at radius 3 is 2.57 bits per heavy atom. The molecule has 1 nitrogen and oxygen atoms in total. The van der Waals surface area contributed by atoms with Gasteiger partial charge in [0.25, 0.3) is 0 Å². The molecule has 1 rings (SSSR count). The van der Waals surface area contributed by atoms with Crippen LogP contribution in [0.25, 0.3) is 0 Å². The van der Waals surface area contributed by atoms with E-state index in [1.165, 1.54) is 12.8 Å². The zero-order valence-electron chi connectivity index (χ0n) is 8.58. The second kappa shape index (κ2) is 6.72. The molecule has 0 N–H and O–H groups in total. The van der Waals surface area contributed by atoms with Crippen molar-refractivity contribution in [2.45, 2.75) is 38.2 Å². The fraction of sp³-hybridized carbons (Fsp3) is 0.500. The van der Waals surface area contributed by atoms with E-state index in [0.29, 0.717) is 0 Å². The second-order valence-electron chi connectivity index (χ2n) is 3.34. The fourth-order valence-corrected chi connectivity index (χ4v) is 1.52. The van der Waals surface area contributed by atoms with Gasteiger partial charge < -0.3 is 4.74 Å². The second-order valence-corrected chi connectivity index (χ2v) is 3.82. The van der Waals surface area contributed by atoms with Crippen LogP contribution >= 0.6 is 11.6 Å². The van der Waals surface area contributed by atoms with Gasteiger partial charge >= 0.3 is 0 Å². The van der Waals surface area contributed by atoms with Crippen LogP contribution in [-0.2, 0) is 0 Å². The highest BCUT2D eigenvalue weighted by Crippen LogP contribution is 2.16. The molecule has 0 aromatic heterocycles. The van der Waals surface area contributed by atoms with Crippen molar-refractivity contribution in [1.82, 2.24) is 0 Å². The van der Waals surface area contributed by atoms with E-state index in [0.717, 1.165) is 18.6 Å². The summed E-state index contributed by atoms with van der Waals surface area (Å²) in [6, 6.07) is 9.72. The minimum atomic E-state index is -0.191. The Kier molecular flexibility index (Phi) is 5.46. The number of hydrogen-bond donors (Lipinski definition) is 0. The van der Waals surface area contributed by atoms with E-state index in [4.69, 9.17) is 16.3 Å². The van der Waals surface area contributed by atoms with Gasteiger partial charge in [0.05, 0.1) is 0 Å². The number of unbranched alkanes of at least 4 members (excludes halogenated alkanes) is 2. The molecule has 1 aromatic carbocycles. The van der Waals surface area contributed by atoms with Crippen LogP contribution in [0.3, 0.4) is 0 Å². The lowest BCUT2D eigenvalue weighted by molar-refractivity contribution is 0.265. The quantitative estimate of drug-likeness (QED) is 0.507. The summed E-state index contributed by atoms with van der Waals surface area (Å²) >= 11 is 6.03. The molecule has 0 radical (unpaired) electrons. The fourth-order valence-electron chi connectivity index (χ4n) is 1.26. The first-order chi connectivity index (χ1) is 6.83. The van der Waals surface area contributed by atoms with Crippen LogP contribution in [0.5, 0.6) is 5.75 Å². The van der Waals surface area contributed by atoms with E-state index in [2.05, 4.69) is 6.92 Å². The molecule has 0 aliphatic carbocycles. The van der Waals surface area contributed by atoms with Gasteiger partial charge in [0.2, 0.25) is 0 Å². The Hall–Kier alpha value is -0.690. The average Bonchev–Trinajstić information content (AvgIpc) is 2.20. The van der Waals surface area contributed by atoms with Crippen LogP contribution in [0.4, 0.5) is 0 Å². The SMILES string of the molecule is CCCCCC(Cl)Oc1ccccc1. The summed E-state index contributed by atoms with van der Waals surface area (Å²) in [6.45, 7) is 2.18. The average molecular weight is 213 g/mol. The highest BCUT2D eigenvalue weighted by atomic mass is 35.5. The lowest BCUT2D eigenvalue weighted by Crippen LogP contribution is -2.08. The Labute approximate surface area is 91.0 Å². The van der Waals surface area contributed by atoms with E-state index in [1.807, 2.05) is 30.3 Å². The summed E-state index contributed by atoms with van der Waals surface area (Å²) in [7, 11) is 0. The van der Waals surface area contributed by atoms with E-state index in [1.54, 1.807) is 0 Å². The molecular weight excluding hydrogens is 196 g/mol. The number of halogens is 1. The molecule has 0 bridgehead atoms. The van der Waals surface area contributed by atoms with E-state index in [9.17, 15) is 0 Å². The molecule has 0 saturated carbocycles. The first-order valence-corrected chi connectivity index (χ1v) is 5.62. The summed E-state index contributed by atoms with van der Waals surface area (Å²) in [5.41, 5.74) is -0.191. The number of alkyl halides is 1. The molecule has 2 heteroatoms. The maximum absolute atomic E-state index is 6.03. The van der Waals surface area contributed by atoms with Crippen LogP contribution in [0.1, 0.15) is 32.6 Å². The van der Waals surface area contributed by atoms with Crippen molar-refractivity contribution in [1.29, 1.82) is 0 Å². The third-order valence-electron chi connectivity index (χ3n) is 2.04. The molecule has 1 atom stereocenters. The minimum absolute atomic E-state index is 0.191. The largest absolute Gasteiger partial charge is 0.475 e. The lowest BCUT2D eigenvalue weighted by Gasteiger charge is -2.11. The smallest absolute Gasteiger partial charge is 0.172 e. The van der Waals surface area contributed by atoms with Gasteiger partial charge in [0.1, 0.15) is 5.75 Å². The third-order valence-corrected chi connectivity index (χ3v) is 2.35. The molecule has 1 aromatic rings.